The van der Waals surface area contributed by atoms with Crippen LogP contribution in [0.15, 0.2) is 54.6 Å². The van der Waals surface area contributed by atoms with Gasteiger partial charge >= 0.3 is 0 Å². The Balaban J connectivity index is 1.91. The van der Waals surface area contributed by atoms with Crippen LogP contribution >= 0.6 is 0 Å². The minimum Gasteiger partial charge on any atom is -0.394 e. The van der Waals surface area contributed by atoms with Crippen molar-refractivity contribution in [2.24, 2.45) is 0 Å². The van der Waals surface area contributed by atoms with Crippen LogP contribution in [0.2, 0.25) is 0 Å². The molecule has 1 heterocycles. The Bertz CT molecular complexity index is 875. The summed E-state index contributed by atoms with van der Waals surface area (Å²) in [6, 6.07) is 16.8. The number of nitrogens with one attached hydrogen (secondary N) is 1. The van der Waals surface area contributed by atoms with Crippen molar-refractivity contribution in [3.8, 4) is 0 Å². The zero-order valence-corrected chi connectivity index (χ0v) is 13.8. The number of aromatic nitrogens is 1. The first-order valence-corrected chi connectivity index (χ1v) is 7.93. The van der Waals surface area contributed by atoms with E-state index in [9.17, 15) is 9.90 Å². The minimum absolute atomic E-state index is 0.158. The van der Waals surface area contributed by atoms with Crippen LogP contribution in [0.5, 0.6) is 0 Å². The van der Waals surface area contributed by atoms with Gasteiger partial charge in [-0.2, -0.15) is 0 Å². The number of amides is 1. The van der Waals surface area contributed by atoms with Crippen LogP contribution in [-0.2, 0) is 0 Å². The van der Waals surface area contributed by atoms with Crippen molar-refractivity contribution < 1.29 is 9.90 Å². The predicted octanol–water partition coefficient (Wildman–Crippen LogP) is 3.32. The van der Waals surface area contributed by atoms with E-state index in [2.05, 4.69) is 10.3 Å². The number of carbonyl (C=O) groups is 1. The Labute approximate surface area is 141 Å². The molecule has 1 atom stereocenters. The fourth-order valence-corrected chi connectivity index (χ4v) is 2.78. The van der Waals surface area contributed by atoms with Gasteiger partial charge in [-0.05, 0) is 37.6 Å². The highest BCUT2D eigenvalue weighted by atomic mass is 16.3. The molecule has 24 heavy (non-hydrogen) atoms. The second-order valence-corrected chi connectivity index (χ2v) is 5.94. The second kappa shape index (κ2) is 6.81. The molecule has 0 bridgehead atoms. The van der Waals surface area contributed by atoms with Gasteiger partial charge in [0.1, 0.15) is 0 Å². The first kappa shape index (κ1) is 16.1. The van der Waals surface area contributed by atoms with Crippen LogP contribution in [-0.4, -0.2) is 22.6 Å². The molecule has 0 radical (unpaired) electrons. The summed E-state index contributed by atoms with van der Waals surface area (Å²) >= 11 is 0. The molecule has 0 aliphatic heterocycles. The van der Waals surface area contributed by atoms with Gasteiger partial charge in [0.15, 0.2) is 0 Å². The number of fused-ring (bicyclic) bond motifs is 1. The molecule has 1 amide bonds. The Morgan fingerprint density at radius 3 is 2.58 bits per heavy atom. The highest BCUT2D eigenvalue weighted by molar-refractivity contribution is 5.98. The van der Waals surface area contributed by atoms with Crippen LogP contribution in [0.3, 0.4) is 0 Å². The maximum absolute atomic E-state index is 12.7. The first-order valence-electron chi connectivity index (χ1n) is 7.93. The van der Waals surface area contributed by atoms with Gasteiger partial charge in [0.25, 0.3) is 5.91 Å². The van der Waals surface area contributed by atoms with E-state index in [-0.39, 0.29) is 12.5 Å². The predicted molar refractivity (Wildman–Crippen MR) is 95.0 cm³/mol. The number of hydrogen-bond acceptors (Lipinski definition) is 3. The molecule has 0 aliphatic carbocycles. The Morgan fingerprint density at radius 2 is 1.88 bits per heavy atom. The van der Waals surface area contributed by atoms with E-state index >= 15 is 0 Å². The zero-order valence-electron chi connectivity index (χ0n) is 13.8. The molecular weight excluding hydrogens is 300 g/mol. The van der Waals surface area contributed by atoms with Crippen LogP contribution in [0.25, 0.3) is 10.9 Å². The summed E-state index contributed by atoms with van der Waals surface area (Å²) < 4.78 is 0. The third-order valence-corrected chi connectivity index (χ3v) is 4.10. The lowest BCUT2D eigenvalue weighted by Crippen LogP contribution is -2.31. The molecule has 1 aromatic heterocycles. The van der Waals surface area contributed by atoms with E-state index in [4.69, 9.17) is 0 Å². The highest BCUT2D eigenvalue weighted by Crippen LogP contribution is 2.19. The monoisotopic (exact) mass is 320 g/mol. The molecule has 2 N–H and O–H groups in total. The van der Waals surface area contributed by atoms with Crippen molar-refractivity contribution in [2.45, 2.75) is 19.9 Å². The fourth-order valence-electron chi connectivity index (χ4n) is 2.78. The molecule has 2 aromatic carbocycles. The Hall–Kier alpha value is -2.72. The molecule has 4 heteroatoms. The molecule has 0 saturated heterocycles. The average Bonchev–Trinajstić information content (AvgIpc) is 2.60. The standard InChI is InChI=1S/C20H20N2O2/c1-13-8-9-18-16(10-13)11-17(14(2)21-18)20(24)22-19(12-23)15-6-4-3-5-7-15/h3-11,19,23H,12H2,1-2H3,(H,22,24). The Kier molecular flexibility index (Phi) is 4.58. The van der Waals surface area contributed by atoms with Crippen molar-refractivity contribution in [1.29, 1.82) is 0 Å². The fraction of sp³-hybridized carbons (Fsp3) is 0.200. The van der Waals surface area contributed by atoms with E-state index < -0.39 is 6.04 Å². The highest BCUT2D eigenvalue weighted by Gasteiger charge is 2.17. The largest absolute Gasteiger partial charge is 0.394 e. The van der Waals surface area contributed by atoms with Gasteiger partial charge < -0.3 is 10.4 Å². The van der Waals surface area contributed by atoms with E-state index in [0.29, 0.717) is 11.3 Å². The maximum Gasteiger partial charge on any atom is 0.253 e. The van der Waals surface area contributed by atoms with Crippen LogP contribution in [0, 0.1) is 13.8 Å². The number of benzene rings is 2. The number of aryl methyl sites for hydroxylation is 2. The number of aliphatic hydroxyl groups is 1. The lowest BCUT2D eigenvalue weighted by molar-refractivity contribution is 0.0915. The van der Waals surface area contributed by atoms with Crippen LogP contribution in [0.1, 0.15) is 33.2 Å². The molecular formula is C20H20N2O2. The molecule has 1 unspecified atom stereocenters. The third kappa shape index (κ3) is 3.29. The quantitative estimate of drug-likeness (QED) is 0.775. The number of nitrogens with zero attached hydrogens (tertiary/aromatic N) is 1. The van der Waals surface area contributed by atoms with Gasteiger partial charge in [0.05, 0.1) is 29.4 Å². The summed E-state index contributed by atoms with van der Waals surface area (Å²) in [6.45, 7) is 3.68. The maximum atomic E-state index is 12.7. The minimum atomic E-state index is -0.439. The van der Waals surface area contributed by atoms with Crippen molar-refractivity contribution >= 4 is 16.8 Å². The van der Waals surface area contributed by atoms with Gasteiger partial charge in [-0.1, -0.05) is 42.0 Å². The summed E-state index contributed by atoms with van der Waals surface area (Å²) in [5.74, 6) is -0.230. The zero-order chi connectivity index (χ0) is 17.1. The SMILES string of the molecule is Cc1ccc2nc(C)c(C(=O)NC(CO)c3ccccc3)cc2c1. The normalized spacial score (nSPS) is 12.1. The van der Waals surface area contributed by atoms with Crippen molar-refractivity contribution in [3.05, 3.63) is 77.0 Å². The molecule has 0 saturated carbocycles. The van der Waals surface area contributed by atoms with E-state index in [1.807, 2.05) is 68.4 Å². The smallest absolute Gasteiger partial charge is 0.253 e. The number of aliphatic hydroxyl groups excluding tert-OH is 1. The molecule has 4 nitrogen and oxygen atoms in total. The van der Waals surface area contributed by atoms with Gasteiger partial charge in [-0.15, -0.1) is 0 Å². The van der Waals surface area contributed by atoms with Gasteiger partial charge in [0, 0.05) is 5.39 Å². The molecule has 3 aromatic rings. The summed E-state index contributed by atoms with van der Waals surface area (Å²) in [4.78, 5) is 17.2. The van der Waals surface area contributed by atoms with Crippen molar-refractivity contribution in [3.63, 3.8) is 0 Å². The van der Waals surface area contributed by atoms with E-state index in [1.165, 1.54) is 0 Å². The second-order valence-electron chi connectivity index (χ2n) is 5.94. The Morgan fingerprint density at radius 1 is 1.12 bits per heavy atom. The molecule has 3 rings (SSSR count). The van der Waals surface area contributed by atoms with Gasteiger partial charge in [-0.3, -0.25) is 9.78 Å². The summed E-state index contributed by atoms with van der Waals surface area (Å²) in [5.41, 5.74) is 4.07. The molecule has 0 fully saturated rings. The molecule has 0 aliphatic rings. The third-order valence-electron chi connectivity index (χ3n) is 4.10. The van der Waals surface area contributed by atoms with Crippen molar-refractivity contribution in [2.75, 3.05) is 6.61 Å². The molecule has 122 valence electrons. The van der Waals surface area contributed by atoms with E-state index in [0.717, 1.165) is 22.0 Å². The summed E-state index contributed by atoms with van der Waals surface area (Å²) in [6.07, 6.45) is 0. The number of rotatable bonds is 4. The number of pyridine rings is 1. The number of carbonyl (C=O) groups excluding carboxylic acids is 1. The summed E-state index contributed by atoms with van der Waals surface area (Å²) in [5, 5.41) is 13.4. The first-order chi connectivity index (χ1) is 11.6. The topological polar surface area (TPSA) is 62.2 Å². The van der Waals surface area contributed by atoms with Crippen LogP contribution in [0.4, 0.5) is 0 Å². The van der Waals surface area contributed by atoms with E-state index in [1.54, 1.807) is 0 Å². The lowest BCUT2D eigenvalue weighted by atomic mass is 10.0. The average molecular weight is 320 g/mol. The lowest BCUT2D eigenvalue weighted by Gasteiger charge is -2.17. The molecule has 0 spiro atoms. The van der Waals surface area contributed by atoms with Crippen LogP contribution < -0.4 is 5.32 Å². The van der Waals surface area contributed by atoms with Gasteiger partial charge in [-0.25, -0.2) is 0 Å². The summed E-state index contributed by atoms with van der Waals surface area (Å²) in [7, 11) is 0. The van der Waals surface area contributed by atoms with Gasteiger partial charge in [0.2, 0.25) is 0 Å². The van der Waals surface area contributed by atoms with Crippen molar-refractivity contribution in [1.82, 2.24) is 10.3 Å². The number of hydrogen-bond donors (Lipinski definition) is 2.